The first-order valence-corrected chi connectivity index (χ1v) is 8.34. The molecule has 1 fully saturated rings. The molecule has 0 aromatic carbocycles. The molecule has 112 valence electrons. The molecule has 0 bridgehead atoms. The summed E-state index contributed by atoms with van der Waals surface area (Å²) in [6.45, 7) is 2.79. The van der Waals surface area contributed by atoms with Crippen molar-refractivity contribution < 1.29 is 4.79 Å². The quantitative estimate of drug-likeness (QED) is 0.853. The maximum atomic E-state index is 12.7. The summed E-state index contributed by atoms with van der Waals surface area (Å²) in [7, 11) is 0. The standard InChI is InChI=1S/C14H18N4OS2/c1-9-12(21-14(20)17-9)6-13(19)18-5-3-2-4-11(18)10-7-15-16-8-10/h7-8,11H,2-6H2,1H3,(H,15,16)(H,17,20)/t11-/m1/s1. The Kier molecular flexibility index (Phi) is 4.21. The Labute approximate surface area is 132 Å². The Bertz CT molecular complexity index is 673. The Morgan fingerprint density at radius 1 is 1.57 bits per heavy atom. The van der Waals surface area contributed by atoms with Crippen molar-refractivity contribution >= 4 is 29.5 Å². The molecule has 0 unspecified atom stereocenters. The number of aromatic nitrogens is 3. The van der Waals surface area contributed by atoms with Gasteiger partial charge in [-0.2, -0.15) is 5.10 Å². The van der Waals surface area contributed by atoms with Crippen molar-refractivity contribution in [2.24, 2.45) is 0 Å². The third-order valence-corrected chi connectivity index (χ3v) is 5.30. The number of thiazole rings is 1. The number of nitrogens with zero attached hydrogens (tertiary/aromatic N) is 2. The van der Waals surface area contributed by atoms with Gasteiger partial charge in [-0.25, -0.2) is 0 Å². The number of rotatable bonds is 3. The second kappa shape index (κ2) is 6.11. The van der Waals surface area contributed by atoms with E-state index in [-0.39, 0.29) is 11.9 Å². The van der Waals surface area contributed by atoms with Crippen LogP contribution in [0.5, 0.6) is 0 Å². The summed E-state index contributed by atoms with van der Waals surface area (Å²) in [4.78, 5) is 18.8. The first-order chi connectivity index (χ1) is 10.1. The zero-order chi connectivity index (χ0) is 14.8. The number of H-pyrrole nitrogens is 2. The number of piperidine rings is 1. The van der Waals surface area contributed by atoms with E-state index in [4.69, 9.17) is 12.2 Å². The first-order valence-electron chi connectivity index (χ1n) is 7.12. The maximum Gasteiger partial charge on any atom is 0.228 e. The molecule has 1 aliphatic rings. The minimum absolute atomic E-state index is 0.150. The minimum atomic E-state index is 0.150. The lowest BCUT2D eigenvalue weighted by atomic mass is 9.97. The van der Waals surface area contributed by atoms with Gasteiger partial charge >= 0.3 is 0 Å². The van der Waals surface area contributed by atoms with Crippen LogP contribution < -0.4 is 0 Å². The molecule has 3 rings (SSSR count). The predicted octanol–water partition coefficient (Wildman–Crippen LogP) is 3.13. The van der Waals surface area contributed by atoms with Crippen LogP contribution in [0.2, 0.25) is 0 Å². The van der Waals surface area contributed by atoms with Crippen LogP contribution in [0.3, 0.4) is 0 Å². The van der Waals surface area contributed by atoms with Crippen LogP contribution in [0.25, 0.3) is 0 Å². The molecule has 0 saturated carbocycles. The Balaban J connectivity index is 1.78. The van der Waals surface area contributed by atoms with Crippen molar-refractivity contribution in [3.63, 3.8) is 0 Å². The predicted molar refractivity (Wildman–Crippen MR) is 84.8 cm³/mol. The van der Waals surface area contributed by atoms with Gasteiger partial charge in [0, 0.05) is 28.9 Å². The fourth-order valence-corrected chi connectivity index (χ4v) is 4.15. The molecule has 21 heavy (non-hydrogen) atoms. The molecule has 1 saturated heterocycles. The van der Waals surface area contributed by atoms with Crippen LogP contribution in [0.1, 0.15) is 41.4 Å². The van der Waals surface area contributed by atoms with Crippen molar-refractivity contribution in [2.45, 2.75) is 38.6 Å². The molecule has 2 aromatic heterocycles. The van der Waals surface area contributed by atoms with Crippen molar-refractivity contribution in [3.05, 3.63) is 32.5 Å². The van der Waals surface area contributed by atoms with Gasteiger partial charge in [-0.3, -0.25) is 9.89 Å². The van der Waals surface area contributed by atoms with Crippen LogP contribution in [0.15, 0.2) is 12.4 Å². The topological polar surface area (TPSA) is 64.8 Å². The van der Waals surface area contributed by atoms with E-state index in [0.717, 1.165) is 45.9 Å². The highest BCUT2D eigenvalue weighted by molar-refractivity contribution is 7.73. The monoisotopic (exact) mass is 322 g/mol. The number of hydrogen-bond donors (Lipinski definition) is 2. The lowest BCUT2D eigenvalue weighted by Crippen LogP contribution is -2.39. The molecular formula is C14H18N4OS2. The summed E-state index contributed by atoms with van der Waals surface area (Å²) in [5, 5.41) is 6.86. The lowest BCUT2D eigenvalue weighted by Gasteiger charge is -2.35. The molecule has 1 amide bonds. The lowest BCUT2D eigenvalue weighted by molar-refractivity contribution is -0.134. The number of amides is 1. The average Bonchev–Trinajstić information content (AvgIpc) is 3.09. The van der Waals surface area contributed by atoms with Crippen molar-refractivity contribution in [3.8, 4) is 0 Å². The molecule has 3 heterocycles. The van der Waals surface area contributed by atoms with Gasteiger partial charge in [-0.1, -0.05) is 0 Å². The highest BCUT2D eigenvalue weighted by atomic mass is 32.1. The van der Waals surface area contributed by atoms with E-state index in [1.165, 1.54) is 11.3 Å². The van der Waals surface area contributed by atoms with Crippen LogP contribution in [-0.2, 0) is 11.2 Å². The number of likely N-dealkylation sites (tertiary alicyclic amines) is 1. The number of hydrogen-bond acceptors (Lipinski definition) is 4. The zero-order valence-corrected chi connectivity index (χ0v) is 13.5. The smallest absolute Gasteiger partial charge is 0.228 e. The van der Waals surface area contributed by atoms with Crippen molar-refractivity contribution in [2.75, 3.05) is 6.54 Å². The summed E-state index contributed by atoms with van der Waals surface area (Å²) in [6.07, 6.45) is 7.37. The van der Waals surface area contributed by atoms with Gasteiger partial charge in [0.2, 0.25) is 5.91 Å². The van der Waals surface area contributed by atoms with Crippen LogP contribution in [-0.4, -0.2) is 32.5 Å². The molecule has 5 nitrogen and oxygen atoms in total. The van der Waals surface area contributed by atoms with Gasteiger partial charge in [0.05, 0.1) is 18.7 Å². The van der Waals surface area contributed by atoms with Gasteiger partial charge < -0.3 is 9.88 Å². The van der Waals surface area contributed by atoms with E-state index in [1.807, 2.05) is 24.2 Å². The fraction of sp³-hybridized carbons (Fsp3) is 0.500. The Morgan fingerprint density at radius 3 is 3.10 bits per heavy atom. The number of carbonyl (C=O) groups excluding carboxylic acids is 1. The Hall–Kier alpha value is -1.47. The highest BCUT2D eigenvalue weighted by Gasteiger charge is 2.28. The van der Waals surface area contributed by atoms with Crippen molar-refractivity contribution in [1.29, 1.82) is 0 Å². The summed E-state index contributed by atoms with van der Waals surface area (Å²) in [5.41, 5.74) is 2.11. The van der Waals surface area contributed by atoms with Crippen LogP contribution in [0, 0.1) is 10.9 Å². The van der Waals surface area contributed by atoms with Crippen LogP contribution in [0.4, 0.5) is 0 Å². The molecule has 7 heteroatoms. The summed E-state index contributed by atoms with van der Waals surface area (Å²) in [5.74, 6) is 0.175. The van der Waals surface area contributed by atoms with Gasteiger partial charge in [-0.05, 0) is 38.4 Å². The fourth-order valence-electron chi connectivity index (χ4n) is 2.86. The molecule has 1 atom stereocenters. The average molecular weight is 322 g/mol. The van der Waals surface area contributed by atoms with Gasteiger partial charge in [0.25, 0.3) is 0 Å². The van der Waals surface area contributed by atoms with E-state index in [2.05, 4.69) is 15.2 Å². The van der Waals surface area contributed by atoms with Gasteiger partial charge in [0.15, 0.2) is 3.95 Å². The van der Waals surface area contributed by atoms with Crippen molar-refractivity contribution in [1.82, 2.24) is 20.1 Å². The number of carbonyl (C=O) groups is 1. The summed E-state index contributed by atoms with van der Waals surface area (Å²) >= 11 is 6.64. The zero-order valence-electron chi connectivity index (χ0n) is 11.9. The second-order valence-corrected chi connectivity index (χ2v) is 7.14. The third-order valence-electron chi connectivity index (χ3n) is 3.96. The number of aromatic amines is 2. The normalized spacial score (nSPS) is 18.9. The Morgan fingerprint density at radius 2 is 2.43 bits per heavy atom. The largest absolute Gasteiger partial charge is 0.341 e. The van der Waals surface area contributed by atoms with Gasteiger partial charge in [0.1, 0.15) is 0 Å². The summed E-state index contributed by atoms with van der Waals surface area (Å²) in [6, 6.07) is 0.150. The van der Waals surface area contributed by atoms with E-state index in [0.29, 0.717) is 6.42 Å². The number of aryl methyl sites for hydroxylation is 1. The molecule has 1 aliphatic heterocycles. The van der Waals surface area contributed by atoms with Gasteiger partial charge in [-0.15, -0.1) is 11.3 Å². The molecule has 0 spiro atoms. The maximum absolute atomic E-state index is 12.7. The van der Waals surface area contributed by atoms with Crippen LogP contribution >= 0.6 is 23.6 Å². The highest BCUT2D eigenvalue weighted by Crippen LogP contribution is 2.31. The number of nitrogens with one attached hydrogen (secondary N) is 2. The molecular weight excluding hydrogens is 304 g/mol. The van der Waals surface area contributed by atoms with E-state index >= 15 is 0 Å². The molecule has 0 radical (unpaired) electrons. The van der Waals surface area contributed by atoms with E-state index in [9.17, 15) is 4.79 Å². The SMILES string of the molecule is Cc1[nH]c(=S)sc1CC(=O)N1CCCC[C@@H]1c1cn[nH]c1. The van der Waals surface area contributed by atoms with E-state index in [1.54, 1.807) is 0 Å². The molecule has 2 aromatic rings. The molecule has 2 N–H and O–H groups in total. The third kappa shape index (κ3) is 3.08. The second-order valence-electron chi connectivity index (χ2n) is 5.37. The summed E-state index contributed by atoms with van der Waals surface area (Å²) < 4.78 is 0.736. The minimum Gasteiger partial charge on any atom is -0.341 e. The molecule has 0 aliphatic carbocycles. The first kappa shape index (κ1) is 14.5. The van der Waals surface area contributed by atoms with E-state index < -0.39 is 0 Å².